The molecule has 2 atom stereocenters. The van der Waals surface area contributed by atoms with Crippen molar-refractivity contribution in [2.75, 3.05) is 6.29 Å². The van der Waals surface area contributed by atoms with Gasteiger partial charge in [0.15, 0.2) is 0 Å². The monoisotopic (exact) mass is 854 g/mol. The van der Waals surface area contributed by atoms with Gasteiger partial charge in [0.05, 0.1) is 0 Å². The number of para-hydroxylation sites is 2. The van der Waals surface area contributed by atoms with Gasteiger partial charge >= 0.3 is 357 Å². The van der Waals surface area contributed by atoms with Gasteiger partial charge in [-0.25, -0.2) is 0 Å². The molecule has 2 unspecified atom stereocenters. The van der Waals surface area contributed by atoms with E-state index in [1.807, 2.05) is 84.9 Å². The molecule has 0 spiro atoms. The van der Waals surface area contributed by atoms with E-state index in [0.717, 1.165) is 5.56 Å². The van der Waals surface area contributed by atoms with Gasteiger partial charge in [-0.05, 0) is 0 Å². The summed E-state index contributed by atoms with van der Waals surface area (Å²) >= 11 is 5.96. The fourth-order valence-electron chi connectivity index (χ4n) is 7.95. The van der Waals surface area contributed by atoms with Gasteiger partial charge in [0.2, 0.25) is 0 Å². The van der Waals surface area contributed by atoms with E-state index < -0.39 is 59.5 Å². The molecular formula is C46H39N4O9PS. The Balaban J connectivity index is 1.35. The number of nitro groups is 2. The van der Waals surface area contributed by atoms with Crippen LogP contribution in [0.2, 0.25) is 0 Å². The number of amides is 2. The molecule has 0 bridgehead atoms. The number of rotatable bonds is 16. The van der Waals surface area contributed by atoms with Gasteiger partial charge in [0, 0.05) is 0 Å². The summed E-state index contributed by atoms with van der Waals surface area (Å²) in [6.45, 7) is -5.67. The van der Waals surface area contributed by atoms with Crippen LogP contribution in [0.5, 0.6) is 0 Å². The summed E-state index contributed by atoms with van der Waals surface area (Å²) in [6.07, 6.45) is -1.12. The van der Waals surface area contributed by atoms with E-state index in [1.54, 1.807) is 53.4 Å². The van der Waals surface area contributed by atoms with Crippen LogP contribution in [0.3, 0.4) is 0 Å². The van der Waals surface area contributed by atoms with Crippen LogP contribution in [-0.2, 0) is 27.5 Å². The molecule has 13 nitrogen and oxygen atoms in total. The number of nitro benzene ring substituents is 2. The zero-order chi connectivity index (χ0) is 43.0. The first kappa shape index (κ1) is 42.0. The van der Waals surface area contributed by atoms with Crippen molar-refractivity contribution in [3.63, 3.8) is 0 Å². The van der Waals surface area contributed by atoms with E-state index in [-0.39, 0.29) is 35.2 Å². The van der Waals surface area contributed by atoms with Crippen molar-refractivity contribution in [2.24, 2.45) is 0 Å². The second-order valence-electron chi connectivity index (χ2n) is 14.3. The number of nitrogens with zero attached hydrogens (tertiary/aromatic N) is 3. The van der Waals surface area contributed by atoms with Gasteiger partial charge in [0.1, 0.15) is 0 Å². The third-order valence-corrected chi connectivity index (χ3v) is 17.5. The van der Waals surface area contributed by atoms with Gasteiger partial charge in [-0.15, -0.1) is 0 Å². The molecule has 6 aromatic rings. The van der Waals surface area contributed by atoms with Crippen molar-refractivity contribution in [2.45, 2.75) is 31.7 Å². The number of hydrogen-bond acceptors (Lipinski definition) is 10. The fraction of sp³-hybridized carbons (Fsp3) is 0.130. The molecule has 1 aliphatic heterocycles. The van der Waals surface area contributed by atoms with Crippen LogP contribution < -0.4 is 21.2 Å². The predicted molar refractivity (Wildman–Crippen MR) is 237 cm³/mol. The SMILES string of the molecule is O=C(NC1C(=O)N(CP(C(=O)OCc2ccccc2[N+](=O)[O-])(c2ccccc2)(c2ccccc2)c2ccccc2)C1CC(=S)c1ccccc1)OCc1ccccc1[N+](=O)[O-]. The maximum absolute atomic E-state index is 15.9. The number of ether oxygens (including phenoxy) is 2. The molecule has 7 rings (SSSR count). The number of benzene rings is 6. The normalized spacial score (nSPS) is 15.3. The Labute approximate surface area is 356 Å². The average molecular weight is 855 g/mol. The standard InChI is InChI=1S/C46H39N4O9PS/c51-44-43(47-45(52)58-30-34-19-13-15-27-39(34)49(54)55)41(29-42(61)33-17-5-1-6-18-33)48(44)32-60(36-21-7-2-8-22-36,37-23-9-3-10-24-37,38-25-11-4-12-26-38)46(53)59-31-35-20-14-16-28-40(35)50(56)57/h1-28,41,43H,29-32H2,(H,47,52). The second-order valence-corrected chi connectivity index (χ2v) is 19.6. The van der Waals surface area contributed by atoms with E-state index in [1.165, 1.54) is 36.4 Å². The Bertz CT molecular complexity index is 2500. The van der Waals surface area contributed by atoms with Crippen molar-refractivity contribution in [3.8, 4) is 0 Å². The molecule has 1 heterocycles. The molecule has 6 aromatic carbocycles. The Hall–Kier alpha value is -7.15. The number of carbonyl (C=O) groups excluding carboxylic acids is 3. The number of β-lactam (4-membered cyclic amide) rings is 1. The van der Waals surface area contributed by atoms with Crippen molar-refractivity contribution < 1.29 is 33.7 Å². The average Bonchev–Trinajstić information content (AvgIpc) is 3.30. The van der Waals surface area contributed by atoms with Crippen LogP contribution in [0.1, 0.15) is 23.1 Å². The topological polar surface area (TPSA) is 171 Å². The molecule has 1 N–H and O–H groups in total. The van der Waals surface area contributed by atoms with E-state index in [0.29, 0.717) is 20.8 Å². The number of thiocarbonyl (C=S) groups is 1. The van der Waals surface area contributed by atoms with Crippen LogP contribution in [0.4, 0.5) is 21.0 Å². The number of alkyl carbamates (subject to hydrolysis) is 1. The summed E-state index contributed by atoms with van der Waals surface area (Å²) in [5.74, 6) is -0.535. The molecule has 0 aliphatic carbocycles. The van der Waals surface area contributed by atoms with Crippen molar-refractivity contribution in [3.05, 3.63) is 207 Å². The molecule has 1 aliphatic rings. The number of carbonyl (C=O) groups is 3. The van der Waals surface area contributed by atoms with Gasteiger partial charge < -0.3 is 0 Å². The number of hydrogen-bond donors (Lipinski definition) is 1. The fourth-order valence-corrected chi connectivity index (χ4v) is 14.2. The Morgan fingerprint density at radius 2 is 1.03 bits per heavy atom. The molecular weight excluding hydrogens is 816 g/mol. The summed E-state index contributed by atoms with van der Waals surface area (Å²) in [5.41, 5.74) is -0.0622. The van der Waals surface area contributed by atoms with Crippen LogP contribution in [0, 0.1) is 20.2 Å². The molecule has 1 fully saturated rings. The summed E-state index contributed by atoms with van der Waals surface area (Å²) < 4.78 is 11.8. The second kappa shape index (κ2) is 18.0. The molecule has 308 valence electrons. The maximum atomic E-state index is 15.9. The molecule has 2 amide bonds. The summed E-state index contributed by atoms with van der Waals surface area (Å²) in [5, 5.41) is 28.1. The number of nitrogens with one attached hydrogen (secondary N) is 1. The third-order valence-electron chi connectivity index (χ3n) is 11.0. The van der Waals surface area contributed by atoms with Gasteiger partial charge in [0.25, 0.3) is 0 Å². The van der Waals surface area contributed by atoms with Crippen LogP contribution in [0.25, 0.3) is 0 Å². The Morgan fingerprint density at radius 3 is 1.49 bits per heavy atom. The van der Waals surface area contributed by atoms with Gasteiger partial charge in [-0.3, -0.25) is 0 Å². The minimum atomic E-state index is -4.80. The van der Waals surface area contributed by atoms with E-state index in [9.17, 15) is 29.8 Å². The Kier molecular flexibility index (Phi) is 12.4. The van der Waals surface area contributed by atoms with Crippen LogP contribution in [0.15, 0.2) is 170 Å². The van der Waals surface area contributed by atoms with Gasteiger partial charge in [-0.1, -0.05) is 0 Å². The van der Waals surface area contributed by atoms with Crippen LogP contribution >= 0.6 is 18.8 Å². The zero-order valence-electron chi connectivity index (χ0n) is 32.5. The predicted octanol–water partition coefficient (Wildman–Crippen LogP) is 7.94. The van der Waals surface area contributed by atoms with E-state index in [4.69, 9.17) is 21.7 Å². The van der Waals surface area contributed by atoms with Crippen molar-refractivity contribution in [1.29, 1.82) is 0 Å². The van der Waals surface area contributed by atoms with Crippen molar-refractivity contribution in [1.82, 2.24) is 10.2 Å². The molecule has 61 heavy (non-hydrogen) atoms. The van der Waals surface area contributed by atoms with Gasteiger partial charge in [-0.2, -0.15) is 0 Å². The first-order chi connectivity index (χ1) is 29.5. The quantitative estimate of drug-likeness (QED) is 0.0252. The summed E-state index contributed by atoms with van der Waals surface area (Å²) in [6, 6.07) is 46.3. The van der Waals surface area contributed by atoms with E-state index in [2.05, 4.69) is 5.32 Å². The molecule has 15 heteroatoms. The summed E-state index contributed by atoms with van der Waals surface area (Å²) in [7, 11) is 0. The minimum absolute atomic E-state index is 0.0936. The zero-order valence-corrected chi connectivity index (χ0v) is 34.2. The Morgan fingerprint density at radius 1 is 0.623 bits per heavy atom. The first-order valence-corrected chi connectivity index (χ1v) is 22.0. The molecule has 0 aromatic heterocycles. The van der Waals surface area contributed by atoms with Crippen molar-refractivity contribution >= 4 is 68.7 Å². The third kappa shape index (κ3) is 7.98. The molecule has 0 radical (unpaired) electrons. The first-order valence-electron chi connectivity index (χ1n) is 19.2. The van der Waals surface area contributed by atoms with Crippen LogP contribution in [-0.4, -0.2) is 55.7 Å². The molecule has 1 saturated heterocycles. The molecule has 0 saturated carbocycles. The summed E-state index contributed by atoms with van der Waals surface area (Å²) in [4.78, 5) is 68.8. The van der Waals surface area contributed by atoms with E-state index >= 15 is 4.79 Å². The number of likely N-dealkylation sites (tertiary alicyclic amines) is 1.